The van der Waals surface area contributed by atoms with Gasteiger partial charge in [-0.25, -0.2) is 0 Å². The Labute approximate surface area is 124 Å². The summed E-state index contributed by atoms with van der Waals surface area (Å²) in [6, 6.07) is 1.77. The van der Waals surface area contributed by atoms with E-state index in [1.54, 1.807) is 19.9 Å². The molecule has 2 rings (SSSR count). The molecule has 0 radical (unpaired) electrons. The molecule has 0 saturated carbocycles. The number of aryl methyl sites for hydroxylation is 2. The SMILES string of the molecule is Cc1cc(C(C)(O)CNC(=O)c2[nH]ncc2Br)c(C)o1. The van der Waals surface area contributed by atoms with Crippen LogP contribution in [0.4, 0.5) is 0 Å². The Hall–Kier alpha value is -1.60. The molecule has 108 valence electrons. The molecule has 0 bridgehead atoms. The maximum atomic E-state index is 11.9. The van der Waals surface area contributed by atoms with E-state index in [2.05, 4.69) is 31.4 Å². The van der Waals surface area contributed by atoms with E-state index in [-0.39, 0.29) is 12.5 Å². The van der Waals surface area contributed by atoms with Gasteiger partial charge in [0.15, 0.2) is 0 Å². The molecular formula is C13H16BrN3O3. The van der Waals surface area contributed by atoms with Gasteiger partial charge in [-0.3, -0.25) is 9.89 Å². The lowest BCUT2D eigenvalue weighted by molar-refractivity contribution is 0.0512. The Morgan fingerprint density at radius 2 is 2.30 bits per heavy atom. The van der Waals surface area contributed by atoms with Gasteiger partial charge < -0.3 is 14.8 Å². The number of nitrogens with zero attached hydrogens (tertiary/aromatic N) is 1. The summed E-state index contributed by atoms with van der Waals surface area (Å²) in [7, 11) is 0. The van der Waals surface area contributed by atoms with Crippen LogP contribution in [0.15, 0.2) is 21.2 Å². The monoisotopic (exact) mass is 341 g/mol. The van der Waals surface area contributed by atoms with Crippen molar-refractivity contribution in [3.05, 3.63) is 39.5 Å². The summed E-state index contributed by atoms with van der Waals surface area (Å²) in [5, 5.41) is 19.5. The van der Waals surface area contributed by atoms with Gasteiger partial charge in [-0.15, -0.1) is 0 Å². The Kier molecular flexibility index (Phi) is 4.01. The van der Waals surface area contributed by atoms with Gasteiger partial charge in [0, 0.05) is 5.56 Å². The van der Waals surface area contributed by atoms with Crippen LogP contribution in [0.2, 0.25) is 0 Å². The number of aliphatic hydroxyl groups is 1. The molecule has 1 atom stereocenters. The van der Waals surface area contributed by atoms with E-state index in [1.165, 1.54) is 6.20 Å². The molecule has 0 aromatic carbocycles. The van der Waals surface area contributed by atoms with Crippen LogP contribution in [-0.4, -0.2) is 27.8 Å². The van der Waals surface area contributed by atoms with Crippen molar-refractivity contribution in [2.75, 3.05) is 6.54 Å². The highest BCUT2D eigenvalue weighted by molar-refractivity contribution is 9.10. The van der Waals surface area contributed by atoms with Crippen molar-refractivity contribution in [1.29, 1.82) is 0 Å². The predicted molar refractivity (Wildman–Crippen MR) is 76.4 cm³/mol. The highest BCUT2D eigenvalue weighted by atomic mass is 79.9. The van der Waals surface area contributed by atoms with Crippen LogP contribution in [-0.2, 0) is 5.60 Å². The van der Waals surface area contributed by atoms with Crippen molar-refractivity contribution in [2.45, 2.75) is 26.4 Å². The topological polar surface area (TPSA) is 91.2 Å². The minimum Gasteiger partial charge on any atom is -0.466 e. The van der Waals surface area contributed by atoms with Gasteiger partial charge in [0.05, 0.1) is 17.2 Å². The molecule has 0 fully saturated rings. The number of amides is 1. The normalized spacial score (nSPS) is 14.1. The van der Waals surface area contributed by atoms with Gasteiger partial charge in [0.1, 0.15) is 22.8 Å². The third kappa shape index (κ3) is 2.94. The van der Waals surface area contributed by atoms with Crippen molar-refractivity contribution in [3.63, 3.8) is 0 Å². The third-order valence-corrected chi connectivity index (χ3v) is 3.64. The zero-order valence-corrected chi connectivity index (χ0v) is 13.0. The van der Waals surface area contributed by atoms with Crippen molar-refractivity contribution in [3.8, 4) is 0 Å². The fourth-order valence-electron chi connectivity index (χ4n) is 2.03. The lowest BCUT2D eigenvalue weighted by Gasteiger charge is -2.23. The molecule has 2 aromatic rings. The fourth-order valence-corrected chi connectivity index (χ4v) is 2.40. The number of carbonyl (C=O) groups is 1. The average Bonchev–Trinajstić information content (AvgIpc) is 2.92. The van der Waals surface area contributed by atoms with Crippen LogP contribution in [0.1, 0.15) is 34.5 Å². The van der Waals surface area contributed by atoms with Crippen molar-refractivity contribution in [1.82, 2.24) is 15.5 Å². The molecule has 0 aliphatic rings. The average molecular weight is 342 g/mol. The minimum atomic E-state index is -1.20. The number of aromatic nitrogens is 2. The second-order valence-electron chi connectivity index (χ2n) is 4.88. The standard InChI is InChI=1S/C13H16BrN3O3/c1-7-4-9(8(2)20-7)13(3,19)6-15-12(18)11-10(14)5-16-17-11/h4-5,19H,6H2,1-3H3,(H,15,18)(H,16,17). The maximum Gasteiger partial charge on any atom is 0.270 e. The van der Waals surface area contributed by atoms with Gasteiger partial charge in [-0.05, 0) is 42.8 Å². The number of rotatable bonds is 4. The molecule has 0 aliphatic heterocycles. The third-order valence-electron chi connectivity index (χ3n) is 3.03. The fraction of sp³-hybridized carbons (Fsp3) is 0.385. The van der Waals surface area contributed by atoms with Crippen LogP contribution in [0.5, 0.6) is 0 Å². The van der Waals surface area contributed by atoms with E-state index >= 15 is 0 Å². The van der Waals surface area contributed by atoms with Gasteiger partial charge in [-0.2, -0.15) is 5.10 Å². The number of hydrogen-bond acceptors (Lipinski definition) is 4. The first-order valence-electron chi connectivity index (χ1n) is 6.08. The number of nitrogens with one attached hydrogen (secondary N) is 2. The van der Waals surface area contributed by atoms with Gasteiger partial charge in [0.25, 0.3) is 5.91 Å². The number of H-pyrrole nitrogens is 1. The second-order valence-corrected chi connectivity index (χ2v) is 5.73. The Balaban J connectivity index is 2.08. The van der Waals surface area contributed by atoms with Gasteiger partial charge >= 0.3 is 0 Å². The molecule has 0 aliphatic carbocycles. The summed E-state index contributed by atoms with van der Waals surface area (Å²) in [6.07, 6.45) is 1.50. The van der Waals surface area contributed by atoms with E-state index in [0.29, 0.717) is 21.5 Å². The minimum absolute atomic E-state index is 0.0666. The molecule has 20 heavy (non-hydrogen) atoms. The van der Waals surface area contributed by atoms with Crippen molar-refractivity contribution >= 4 is 21.8 Å². The molecule has 2 heterocycles. The first kappa shape index (κ1) is 14.8. The Morgan fingerprint density at radius 3 is 2.80 bits per heavy atom. The highest BCUT2D eigenvalue weighted by Gasteiger charge is 2.28. The number of hydrogen-bond donors (Lipinski definition) is 3. The van der Waals surface area contributed by atoms with Crippen LogP contribution >= 0.6 is 15.9 Å². The molecule has 7 heteroatoms. The molecule has 0 spiro atoms. The van der Waals surface area contributed by atoms with E-state index in [1.807, 2.05) is 6.92 Å². The molecule has 6 nitrogen and oxygen atoms in total. The lowest BCUT2D eigenvalue weighted by Crippen LogP contribution is -2.39. The first-order chi connectivity index (χ1) is 9.31. The van der Waals surface area contributed by atoms with Crippen LogP contribution in [0.25, 0.3) is 0 Å². The number of furan rings is 1. The second kappa shape index (κ2) is 5.41. The summed E-state index contributed by atoms with van der Waals surface area (Å²) in [6.45, 7) is 5.29. The summed E-state index contributed by atoms with van der Waals surface area (Å²) < 4.78 is 5.98. The molecular weight excluding hydrogens is 326 g/mol. The lowest BCUT2D eigenvalue weighted by atomic mass is 9.96. The van der Waals surface area contributed by atoms with Crippen LogP contribution < -0.4 is 5.32 Å². The summed E-state index contributed by atoms with van der Waals surface area (Å²) in [4.78, 5) is 11.9. The molecule has 3 N–H and O–H groups in total. The van der Waals surface area contributed by atoms with Crippen molar-refractivity contribution < 1.29 is 14.3 Å². The van der Waals surface area contributed by atoms with Gasteiger partial charge in [-0.1, -0.05) is 0 Å². The Morgan fingerprint density at radius 1 is 1.60 bits per heavy atom. The maximum absolute atomic E-state index is 11.9. The zero-order valence-electron chi connectivity index (χ0n) is 11.5. The van der Waals surface area contributed by atoms with E-state index in [4.69, 9.17) is 4.42 Å². The number of halogens is 1. The quantitative estimate of drug-likeness (QED) is 0.793. The molecule has 0 saturated heterocycles. The first-order valence-corrected chi connectivity index (χ1v) is 6.87. The van der Waals surface area contributed by atoms with Crippen LogP contribution in [0.3, 0.4) is 0 Å². The molecule has 1 unspecified atom stereocenters. The molecule has 2 aromatic heterocycles. The predicted octanol–water partition coefficient (Wildman–Crippen LogP) is 2.02. The number of carbonyl (C=O) groups excluding carboxylic acids is 1. The van der Waals surface area contributed by atoms with Crippen LogP contribution in [0, 0.1) is 13.8 Å². The summed E-state index contributed by atoms with van der Waals surface area (Å²) in [5.74, 6) is 1.03. The summed E-state index contributed by atoms with van der Waals surface area (Å²) >= 11 is 3.22. The zero-order chi connectivity index (χ0) is 14.9. The molecule has 1 amide bonds. The van der Waals surface area contributed by atoms with E-state index in [0.717, 1.165) is 5.76 Å². The Bertz CT molecular complexity index is 631. The summed E-state index contributed by atoms with van der Waals surface area (Å²) in [5.41, 5.74) is -0.218. The largest absolute Gasteiger partial charge is 0.466 e. The number of aromatic amines is 1. The van der Waals surface area contributed by atoms with Crippen molar-refractivity contribution in [2.24, 2.45) is 0 Å². The van der Waals surface area contributed by atoms with E-state index < -0.39 is 5.60 Å². The van der Waals surface area contributed by atoms with Gasteiger partial charge in [0.2, 0.25) is 0 Å². The smallest absolute Gasteiger partial charge is 0.270 e. The van der Waals surface area contributed by atoms with E-state index in [9.17, 15) is 9.90 Å². The highest BCUT2D eigenvalue weighted by Crippen LogP contribution is 2.26.